The molecule has 0 radical (unpaired) electrons. The van der Waals surface area contributed by atoms with Crippen molar-refractivity contribution >= 4 is 72.7 Å². The molecule has 266 valence electrons. The van der Waals surface area contributed by atoms with Gasteiger partial charge in [-0.3, -0.25) is 0 Å². The average Bonchev–Trinajstić information content (AvgIpc) is 3.93. The predicted molar refractivity (Wildman–Crippen MR) is 237 cm³/mol. The second-order valence-corrected chi connectivity index (χ2v) is 18.5. The Kier molecular flexibility index (Phi) is 6.91. The number of furan rings is 1. The van der Waals surface area contributed by atoms with Crippen molar-refractivity contribution in [3.63, 3.8) is 0 Å². The van der Waals surface area contributed by atoms with Crippen LogP contribution in [0.2, 0.25) is 0 Å². The molecule has 0 N–H and O–H groups in total. The van der Waals surface area contributed by atoms with Crippen molar-refractivity contribution in [3.05, 3.63) is 200 Å². The van der Waals surface area contributed by atoms with Crippen molar-refractivity contribution in [2.75, 3.05) is 0 Å². The molecule has 11 aromatic rings. The molecule has 0 fully saturated rings. The Balaban J connectivity index is 1.14. The molecule has 0 amide bonds. The summed E-state index contributed by atoms with van der Waals surface area (Å²) < 4.78 is 8.80. The highest BCUT2D eigenvalue weighted by molar-refractivity contribution is 7.21. The van der Waals surface area contributed by atoms with Crippen molar-refractivity contribution in [2.24, 2.45) is 0 Å². The SMILES string of the molecule is c1ccc(-c2nc(-c3ccc(-n4c5ccccc5c5ccc6oc7ccccc7c6c54)cc3)c3c(n2)[Si](c2ccccc2)(c2ccccc2)c2ccccc2-3)cc1. The number of benzene rings is 8. The summed E-state index contributed by atoms with van der Waals surface area (Å²) in [5, 5.41) is 9.76. The van der Waals surface area contributed by atoms with Crippen LogP contribution in [0.3, 0.4) is 0 Å². The van der Waals surface area contributed by atoms with E-state index in [9.17, 15) is 0 Å². The van der Waals surface area contributed by atoms with Crippen LogP contribution in [0.1, 0.15) is 0 Å². The van der Waals surface area contributed by atoms with Crippen LogP contribution < -0.4 is 20.9 Å². The number of para-hydroxylation sites is 2. The fourth-order valence-electron chi connectivity index (χ4n) is 9.50. The smallest absolute Gasteiger partial charge is 0.203 e. The number of hydrogen-bond donors (Lipinski definition) is 0. The van der Waals surface area contributed by atoms with E-state index in [1.807, 2.05) is 12.1 Å². The molecule has 0 unspecified atom stereocenters. The van der Waals surface area contributed by atoms with Crippen LogP contribution in [0.5, 0.6) is 0 Å². The summed E-state index contributed by atoms with van der Waals surface area (Å²) in [7, 11) is -2.88. The van der Waals surface area contributed by atoms with E-state index in [0.717, 1.165) is 72.2 Å². The molecule has 4 nitrogen and oxygen atoms in total. The van der Waals surface area contributed by atoms with Crippen LogP contribution in [-0.4, -0.2) is 22.6 Å². The van der Waals surface area contributed by atoms with Crippen LogP contribution in [0, 0.1) is 0 Å². The molecule has 1 aliphatic rings. The van der Waals surface area contributed by atoms with E-state index in [2.05, 4.69) is 193 Å². The van der Waals surface area contributed by atoms with Gasteiger partial charge in [-0.1, -0.05) is 164 Å². The van der Waals surface area contributed by atoms with Gasteiger partial charge in [-0.05, 0) is 57.5 Å². The zero-order chi connectivity index (χ0) is 37.5. The van der Waals surface area contributed by atoms with Gasteiger partial charge >= 0.3 is 0 Å². The fourth-order valence-corrected chi connectivity index (χ4v) is 14.5. The van der Waals surface area contributed by atoms with Crippen LogP contribution >= 0.6 is 0 Å². The first-order chi connectivity index (χ1) is 28.3. The summed E-state index contributed by atoms with van der Waals surface area (Å²) in [6, 6.07) is 71.8. The lowest BCUT2D eigenvalue weighted by Crippen LogP contribution is -2.73. The molecular weight excluding hydrogens is 711 g/mol. The van der Waals surface area contributed by atoms with E-state index >= 15 is 0 Å². The van der Waals surface area contributed by atoms with Gasteiger partial charge in [0.1, 0.15) is 11.2 Å². The molecule has 0 saturated carbocycles. The molecule has 4 heterocycles. The Morgan fingerprint density at radius 2 is 1.09 bits per heavy atom. The highest BCUT2D eigenvalue weighted by atomic mass is 28.3. The normalized spacial score (nSPS) is 13.1. The molecule has 5 heteroatoms. The Labute approximate surface area is 330 Å². The molecule has 1 aliphatic heterocycles. The van der Waals surface area contributed by atoms with Crippen LogP contribution in [0.25, 0.3) is 83.2 Å². The van der Waals surface area contributed by atoms with Gasteiger partial charge in [0, 0.05) is 38.5 Å². The third-order valence-corrected chi connectivity index (χ3v) is 16.6. The summed E-state index contributed by atoms with van der Waals surface area (Å²) >= 11 is 0. The highest BCUT2D eigenvalue weighted by Crippen LogP contribution is 2.42. The summed E-state index contributed by atoms with van der Waals surface area (Å²) in [5.74, 6) is 0.738. The van der Waals surface area contributed by atoms with Crippen molar-refractivity contribution in [2.45, 2.75) is 0 Å². The molecule has 57 heavy (non-hydrogen) atoms. The zero-order valence-electron chi connectivity index (χ0n) is 30.8. The topological polar surface area (TPSA) is 43.9 Å². The summed E-state index contributed by atoms with van der Waals surface area (Å²) in [6.45, 7) is 0. The summed E-state index contributed by atoms with van der Waals surface area (Å²) in [6.07, 6.45) is 0. The number of fused-ring (bicyclic) bond motifs is 10. The largest absolute Gasteiger partial charge is 0.456 e. The standard InChI is InChI=1S/C52H33N3OSi/c1-4-16-35(17-5-1)51-53-49(48-42-24-12-15-27-46(42)57(52(48)54-51,37-18-6-2-7-19-37)38-20-8-3-9-21-38)34-28-30-36(31-29-34)55-43-25-13-10-22-39(43)40-32-33-45-47(50(40)55)41-23-11-14-26-44(41)56-45/h1-33H. The van der Waals surface area contributed by atoms with Gasteiger partial charge in [0.2, 0.25) is 8.07 Å². The molecular formula is C52H33N3OSi. The highest BCUT2D eigenvalue weighted by Gasteiger charge is 2.51. The number of hydrogen-bond acceptors (Lipinski definition) is 3. The first-order valence-corrected chi connectivity index (χ1v) is 21.4. The van der Waals surface area contributed by atoms with Gasteiger partial charge in [0.15, 0.2) is 5.82 Å². The van der Waals surface area contributed by atoms with Crippen LogP contribution in [0.15, 0.2) is 205 Å². The lowest BCUT2D eigenvalue weighted by molar-refractivity contribution is 0.669. The lowest BCUT2D eigenvalue weighted by atomic mass is 10.00. The summed E-state index contributed by atoms with van der Waals surface area (Å²) in [4.78, 5) is 11.1. The van der Waals surface area contributed by atoms with E-state index in [1.165, 1.54) is 31.9 Å². The maximum absolute atomic E-state index is 6.40. The van der Waals surface area contributed by atoms with E-state index in [1.54, 1.807) is 0 Å². The molecule has 0 spiro atoms. The quantitative estimate of drug-likeness (QED) is 0.165. The van der Waals surface area contributed by atoms with Gasteiger partial charge in [0.05, 0.1) is 27.4 Å². The van der Waals surface area contributed by atoms with Crippen molar-refractivity contribution < 1.29 is 4.42 Å². The number of rotatable bonds is 5. The van der Waals surface area contributed by atoms with Gasteiger partial charge in [-0.2, -0.15) is 0 Å². The first kappa shape index (κ1) is 32.0. The Hall–Kier alpha value is -7.34. The van der Waals surface area contributed by atoms with Gasteiger partial charge < -0.3 is 8.98 Å². The first-order valence-electron chi connectivity index (χ1n) is 19.4. The fraction of sp³-hybridized carbons (Fsp3) is 0. The molecule has 12 rings (SSSR count). The van der Waals surface area contributed by atoms with Crippen LogP contribution in [-0.2, 0) is 0 Å². The maximum atomic E-state index is 6.40. The molecule has 8 aromatic carbocycles. The molecule has 3 aromatic heterocycles. The molecule has 0 saturated heterocycles. The minimum atomic E-state index is -2.88. The zero-order valence-corrected chi connectivity index (χ0v) is 31.8. The van der Waals surface area contributed by atoms with E-state index in [-0.39, 0.29) is 0 Å². The van der Waals surface area contributed by atoms with Gasteiger partial charge in [0.25, 0.3) is 0 Å². The minimum Gasteiger partial charge on any atom is -0.456 e. The predicted octanol–water partition coefficient (Wildman–Crippen LogP) is 10.2. The Morgan fingerprint density at radius 3 is 1.84 bits per heavy atom. The molecule has 0 aliphatic carbocycles. The maximum Gasteiger partial charge on any atom is 0.203 e. The third kappa shape index (κ3) is 4.55. The molecule has 0 atom stereocenters. The summed E-state index contributed by atoms with van der Waals surface area (Å²) in [5.41, 5.74) is 10.5. The Morgan fingerprint density at radius 1 is 0.456 bits per heavy atom. The second kappa shape index (κ2) is 12.3. The lowest BCUT2D eigenvalue weighted by Gasteiger charge is -2.30. The number of aromatic nitrogens is 3. The monoisotopic (exact) mass is 743 g/mol. The molecule has 0 bridgehead atoms. The van der Waals surface area contributed by atoms with E-state index < -0.39 is 8.07 Å². The number of nitrogens with zero attached hydrogens (tertiary/aromatic N) is 3. The average molecular weight is 744 g/mol. The van der Waals surface area contributed by atoms with Gasteiger partial charge in [-0.25, -0.2) is 9.97 Å². The minimum absolute atomic E-state index is 0.738. The van der Waals surface area contributed by atoms with Crippen molar-refractivity contribution in [1.29, 1.82) is 0 Å². The van der Waals surface area contributed by atoms with Crippen LogP contribution in [0.4, 0.5) is 0 Å². The van der Waals surface area contributed by atoms with E-state index in [4.69, 9.17) is 14.4 Å². The van der Waals surface area contributed by atoms with Crippen molar-refractivity contribution in [3.8, 4) is 39.5 Å². The van der Waals surface area contributed by atoms with Gasteiger partial charge in [-0.15, -0.1) is 0 Å². The van der Waals surface area contributed by atoms with Crippen molar-refractivity contribution in [1.82, 2.24) is 14.5 Å². The second-order valence-electron chi connectivity index (χ2n) is 14.8. The van der Waals surface area contributed by atoms with E-state index in [0.29, 0.717) is 0 Å². The Bertz CT molecular complexity index is 3300. The third-order valence-electron chi connectivity index (χ3n) is 11.9.